The molecule has 1 N–H and O–H groups in total. The number of H-pyrrole nitrogens is 1. The topological polar surface area (TPSA) is 76.2 Å². The Bertz CT molecular complexity index is 837. The van der Waals surface area contributed by atoms with Crippen LogP contribution in [0.4, 0.5) is 0 Å². The summed E-state index contributed by atoms with van der Waals surface area (Å²) in [7, 11) is 0. The number of hydrogen-bond donors (Lipinski definition) is 1. The first kappa shape index (κ1) is 10.8. The molecule has 0 aliphatic carbocycles. The van der Waals surface area contributed by atoms with E-state index in [-0.39, 0.29) is 11.0 Å². The van der Waals surface area contributed by atoms with E-state index in [2.05, 4.69) is 5.16 Å². The van der Waals surface area contributed by atoms with Gasteiger partial charge in [-0.25, -0.2) is 9.95 Å². The quantitative estimate of drug-likeness (QED) is 0.702. The van der Waals surface area contributed by atoms with Crippen LogP contribution < -0.4 is 11.1 Å². The second kappa shape index (κ2) is 3.87. The number of aromatic amines is 1. The maximum absolute atomic E-state index is 11.9. The molecule has 0 fully saturated rings. The van der Waals surface area contributed by atoms with Crippen molar-refractivity contribution in [1.82, 2.24) is 5.16 Å². The van der Waals surface area contributed by atoms with Gasteiger partial charge in [0.2, 0.25) is 0 Å². The molecule has 5 nitrogen and oxygen atoms in total. The molecule has 3 aromatic rings. The maximum atomic E-state index is 11.9. The van der Waals surface area contributed by atoms with Crippen molar-refractivity contribution in [3.05, 3.63) is 44.5 Å². The molecular weight excluding hydrogens is 234 g/mol. The van der Waals surface area contributed by atoms with E-state index in [0.29, 0.717) is 22.8 Å². The van der Waals surface area contributed by atoms with Crippen molar-refractivity contribution >= 4 is 21.9 Å². The van der Waals surface area contributed by atoms with E-state index >= 15 is 0 Å². The van der Waals surface area contributed by atoms with Crippen LogP contribution in [0.2, 0.25) is 0 Å². The molecule has 0 saturated heterocycles. The maximum Gasteiger partial charge on any atom is 0.349 e. The molecule has 0 aliphatic rings. The lowest BCUT2D eigenvalue weighted by Crippen LogP contribution is -2.03. The molecular formula is C13H11NO4. The van der Waals surface area contributed by atoms with Crippen LogP contribution in [-0.4, -0.2) is 5.16 Å². The zero-order valence-corrected chi connectivity index (χ0v) is 9.78. The third-order valence-corrected chi connectivity index (χ3v) is 2.91. The van der Waals surface area contributed by atoms with Crippen molar-refractivity contribution in [3.63, 3.8) is 0 Å². The van der Waals surface area contributed by atoms with Crippen LogP contribution in [-0.2, 0) is 6.42 Å². The molecule has 3 rings (SSSR count). The molecule has 92 valence electrons. The van der Waals surface area contributed by atoms with Gasteiger partial charge >= 0.3 is 5.63 Å². The van der Waals surface area contributed by atoms with Gasteiger partial charge in [-0.15, -0.1) is 0 Å². The minimum absolute atomic E-state index is 0.200. The van der Waals surface area contributed by atoms with Crippen molar-refractivity contribution in [3.8, 4) is 0 Å². The summed E-state index contributed by atoms with van der Waals surface area (Å²) < 4.78 is 10.5. The number of benzene rings is 1. The van der Waals surface area contributed by atoms with Crippen LogP contribution in [0.25, 0.3) is 21.9 Å². The summed E-state index contributed by atoms with van der Waals surface area (Å²) in [6.45, 7) is 2.01. The fraction of sp³-hybridized carbons (Fsp3) is 0.231. The Kier molecular flexibility index (Phi) is 2.33. The molecule has 0 unspecified atom stereocenters. The van der Waals surface area contributed by atoms with Crippen LogP contribution in [0.3, 0.4) is 0 Å². The highest BCUT2D eigenvalue weighted by Crippen LogP contribution is 2.24. The molecule has 0 saturated carbocycles. The molecule has 2 aromatic heterocycles. The standard InChI is InChI=1S/C13H11NO4/c1-2-3-9-11-12(18-14-9)8-5-4-7(15)6-10(8)17-13(11)16/h4-6,14H,2-3H2,1H3. The zero-order chi connectivity index (χ0) is 12.7. The Balaban J connectivity index is 2.48. The molecule has 0 bridgehead atoms. The van der Waals surface area contributed by atoms with E-state index < -0.39 is 5.63 Å². The Morgan fingerprint density at radius 1 is 1.28 bits per heavy atom. The second-order valence-electron chi connectivity index (χ2n) is 4.18. The fourth-order valence-corrected chi connectivity index (χ4v) is 2.11. The minimum Gasteiger partial charge on any atom is -0.422 e. The van der Waals surface area contributed by atoms with Crippen molar-refractivity contribution in [1.29, 1.82) is 0 Å². The van der Waals surface area contributed by atoms with Crippen molar-refractivity contribution in [2.45, 2.75) is 19.8 Å². The Hall–Kier alpha value is -2.30. The van der Waals surface area contributed by atoms with Gasteiger partial charge in [0, 0.05) is 6.07 Å². The van der Waals surface area contributed by atoms with E-state index in [4.69, 9.17) is 8.94 Å². The highest BCUT2D eigenvalue weighted by molar-refractivity contribution is 6.01. The van der Waals surface area contributed by atoms with Gasteiger partial charge in [-0.05, 0) is 18.6 Å². The van der Waals surface area contributed by atoms with Gasteiger partial charge in [-0.1, -0.05) is 13.3 Å². The Morgan fingerprint density at radius 3 is 2.89 bits per heavy atom. The number of nitrogens with one attached hydrogen (secondary N) is 1. The Morgan fingerprint density at radius 2 is 2.11 bits per heavy atom. The predicted octanol–water partition coefficient (Wildman–Crippen LogP) is 2.18. The lowest BCUT2D eigenvalue weighted by atomic mass is 10.1. The van der Waals surface area contributed by atoms with Gasteiger partial charge in [0.1, 0.15) is 11.0 Å². The van der Waals surface area contributed by atoms with Gasteiger partial charge in [0.15, 0.2) is 11.0 Å². The summed E-state index contributed by atoms with van der Waals surface area (Å²) in [6, 6.07) is 4.32. The smallest absolute Gasteiger partial charge is 0.349 e. The lowest BCUT2D eigenvalue weighted by molar-refractivity contribution is 0.447. The number of aromatic nitrogens is 1. The molecule has 2 heterocycles. The molecule has 0 atom stereocenters. The molecule has 1 aromatic carbocycles. The Labute approximate surface area is 101 Å². The van der Waals surface area contributed by atoms with Crippen LogP contribution in [0.5, 0.6) is 0 Å². The number of rotatable bonds is 2. The summed E-state index contributed by atoms with van der Waals surface area (Å²) in [6.07, 6.45) is 1.60. The highest BCUT2D eigenvalue weighted by atomic mass is 16.5. The fourth-order valence-electron chi connectivity index (χ4n) is 2.11. The van der Waals surface area contributed by atoms with Crippen molar-refractivity contribution in [2.75, 3.05) is 0 Å². The van der Waals surface area contributed by atoms with E-state index in [1.807, 2.05) is 6.92 Å². The molecule has 0 amide bonds. The highest BCUT2D eigenvalue weighted by Gasteiger charge is 2.15. The summed E-state index contributed by atoms with van der Waals surface area (Å²) >= 11 is 0. The average Bonchev–Trinajstić information content (AvgIpc) is 2.74. The molecule has 18 heavy (non-hydrogen) atoms. The van der Waals surface area contributed by atoms with Gasteiger partial charge < -0.3 is 8.94 Å². The number of aryl methyl sites for hydroxylation is 1. The summed E-state index contributed by atoms with van der Waals surface area (Å²) in [4.78, 5) is 23.2. The van der Waals surface area contributed by atoms with Crippen molar-refractivity contribution < 1.29 is 8.94 Å². The average molecular weight is 245 g/mol. The van der Waals surface area contributed by atoms with Crippen LogP contribution in [0, 0.1) is 0 Å². The number of fused-ring (bicyclic) bond motifs is 3. The van der Waals surface area contributed by atoms with Gasteiger partial charge in [-0.2, -0.15) is 0 Å². The van der Waals surface area contributed by atoms with E-state index in [1.54, 1.807) is 6.07 Å². The molecule has 0 aliphatic heterocycles. The first-order chi connectivity index (χ1) is 8.70. The summed E-state index contributed by atoms with van der Waals surface area (Å²) in [5.74, 6) is 0. The van der Waals surface area contributed by atoms with E-state index in [1.165, 1.54) is 12.1 Å². The van der Waals surface area contributed by atoms with Crippen LogP contribution in [0.15, 0.2) is 36.7 Å². The first-order valence-corrected chi connectivity index (χ1v) is 5.77. The summed E-state index contributed by atoms with van der Waals surface area (Å²) in [5, 5.41) is 3.81. The first-order valence-electron chi connectivity index (χ1n) is 5.77. The van der Waals surface area contributed by atoms with Crippen LogP contribution in [0.1, 0.15) is 19.0 Å². The predicted molar refractivity (Wildman–Crippen MR) is 66.9 cm³/mol. The molecule has 0 radical (unpaired) electrons. The molecule has 0 spiro atoms. The van der Waals surface area contributed by atoms with Crippen molar-refractivity contribution in [2.24, 2.45) is 0 Å². The van der Waals surface area contributed by atoms with Gasteiger partial charge in [0.05, 0.1) is 11.1 Å². The van der Waals surface area contributed by atoms with Gasteiger partial charge in [0.25, 0.3) is 0 Å². The normalized spacial score (nSPS) is 11.4. The largest absolute Gasteiger partial charge is 0.422 e. The SMILES string of the molecule is CCCc1[nH]oc2c1c(=O)oc1cc(=O)ccc12. The van der Waals surface area contributed by atoms with Gasteiger partial charge in [-0.3, -0.25) is 4.79 Å². The third-order valence-electron chi connectivity index (χ3n) is 2.91. The third kappa shape index (κ3) is 1.48. The van der Waals surface area contributed by atoms with E-state index in [9.17, 15) is 9.59 Å². The lowest BCUT2D eigenvalue weighted by Gasteiger charge is -1.95. The monoisotopic (exact) mass is 245 g/mol. The van der Waals surface area contributed by atoms with Crippen LogP contribution >= 0.6 is 0 Å². The zero-order valence-electron chi connectivity index (χ0n) is 9.78. The van der Waals surface area contributed by atoms with E-state index in [0.717, 1.165) is 12.1 Å². The summed E-state index contributed by atoms with van der Waals surface area (Å²) in [5.41, 5.74) is 0.760. The number of hydrogen-bond acceptors (Lipinski definition) is 4. The second-order valence-corrected chi connectivity index (χ2v) is 4.18. The molecule has 5 heteroatoms. The minimum atomic E-state index is -0.475.